The summed E-state index contributed by atoms with van der Waals surface area (Å²) >= 11 is 0. The molecule has 78 valence electrons. The van der Waals surface area contributed by atoms with E-state index in [0.29, 0.717) is 0 Å². The lowest BCUT2D eigenvalue weighted by Crippen LogP contribution is -2.25. The molecule has 2 aliphatic rings. The smallest absolute Gasteiger partial charge is 0.333 e. The van der Waals surface area contributed by atoms with Crippen molar-refractivity contribution in [2.24, 2.45) is 11.8 Å². The number of rotatable bonds is 1. The van der Waals surface area contributed by atoms with Crippen LogP contribution in [0.25, 0.3) is 0 Å². The Hall–Kier alpha value is -0.790. The summed E-state index contributed by atoms with van der Waals surface area (Å²) < 4.78 is 4.76. The van der Waals surface area contributed by atoms with Gasteiger partial charge in [-0.15, -0.1) is 0 Å². The number of carbonyl (C=O) groups is 1. The number of carbonyl (C=O) groups excluding carboxylic acids is 1. The lowest BCUT2D eigenvalue weighted by molar-refractivity contribution is -0.136. The molecule has 2 nitrogen and oxygen atoms in total. The van der Waals surface area contributed by atoms with E-state index in [1.54, 1.807) is 0 Å². The molecule has 2 aliphatic carbocycles. The van der Waals surface area contributed by atoms with Crippen molar-refractivity contribution < 1.29 is 9.53 Å². The zero-order valence-electron chi connectivity index (χ0n) is 8.79. The van der Waals surface area contributed by atoms with Crippen LogP contribution in [-0.2, 0) is 9.53 Å². The van der Waals surface area contributed by atoms with Crippen molar-refractivity contribution in [2.75, 3.05) is 7.11 Å². The van der Waals surface area contributed by atoms with Crippen molar-refractivity contribution in [3.8, 4) is 0 Å². The van der Waals surface area contributed by atoms with E-state index >= 15 is 0 Å². The van der Waals surface area contributed by atoms with Crippen molar-refractivity contribution >= 4 is 5.97 Å². The van der Waals surface area contributed by atoms with Crippen molar-refractivity contribution in [1.29, 1.82) is 0 Å². The van der Waals surface area contributed by atoms with Gasteiger partial charge in [0.25, 0.3) is 0 Å². The molecule has 2 atom stereocenters. The SMILES string of the molecule is COC(=O)C1=CC[C@@H]2CCCC[C@@H]2C1. The molecular formula is C12H18O2. The van der Waals surface area contributed by atoms with Crippen LogP contribution in [0, 0.1) is 11.8 Å². The van der Waals surface area contributed by atoms with Crippen molar-refractivity contribution in [1.82, 2.24) is 0 Å². The first-order valence-electron chi connectivity index (χ1n) is 5.58. The normalized spacial score (nSPS) is 31.6. The molecule has 0 radical (unpaired) electrons. The molecule has 0 spiro atoms. The van der Waals surface area contributed by atoms with Gasteiger partial charge in [-0.05, 0) is 37.5 Å². The van der Waals surface area contributed by atoms with Crippen LogP contribution in [0.15, 0.2) is 11.6 Å². The van der Waals surface area contributed by atoms with E-state index in [-0.39, 0.29) is 5.97 Å². The first-order chi connectivity index (χ1) is 6.81. The summed E-state index contributed by atoms with van der Waals surface area (Å²) in [6.45, 7) is 0. The van der Waals surface area contributed by atoms with E-state index in [9.17, 15) is 4.79 Å². The third kappa shape index (κ3) is 1.84. The molecule has 0 N–H and O–H groups in total. The maximum Gasteiger partial charge on any atom is 0.333 e. The first-order valence-corrected chi connectivity index (χ1v) is 5.58. The van der Waals surface area contributed by atoms with E-state index in [1.165, 1.54) is 32.8 Å². The monoisotopic (exact) mass is 194 g/mol. The zero-order valence-corrected chi connectivity index (χ0v) is 8.79. The number of hydrogen-bond donors (Lipinski definition) is 0. The number of esters is 1. The van der Waals surface area contributed by atoms with Crippen LogP contribution < -0.4 is 0 Å². The van der Waals surface area contributed by atoms with Crippen molar-refractivity contribution in [2.45, 2.75) is 38.5 Å². The second-order valence-corrected chi connectivity index (χ2v) is 4.47. The van der Waals surface area contributed by atoms with Crippen LogP contribution in [0.2, 0.25) is 0 Å². The Morgan fingerprint density at radius 1 is 1.36 bits per heavy atom. The second kappa shape index (κ2) is 4.16. The summed E-state index contributed by atoms with van der Waals surface area (Å²) in [5.74, 6) is 1.48. The van der Waals surface area contributed by atoms with Gasteiger partial charge in [0.1, 0.15) is 0 Å². The molecule has 0 unspecified atom stereocenters. The highest BCUT2D eigenvalue weighted by Gasteiger charge is 2.30. The summed E-state index contributed by atoms with van der Waals surface area (Å²) in [5.41, 5.74) is 0.913. The van der Waals surface area contributed by atoms with Gasteiger partial charge in [-0.3, -0.25) is 0 Å². The largest absolute Gasteiger partial charge is 0.466 e. The minimum Gasteiger partial charge on any atom is -0.466 e. The highest BCUT2D eigenvalue weighted by molar-refractivity contribution is 5.88. The first kappa shape index (κ1) is 9.75. The number of ether oxygens (including phenoxy) is 1. The van der Waals surface area contributed by atoms with Gasteiger partial charge in [0.05, 0.1) is 7.11 Å². The quantitative estimate of drug-likeness (QED) is 0.600. The van der Waals surface area contributed by atoms with Gasteiger partial charge < -0.3 is 4.74 Å². The molecule has 0 amide bonds. The third-order valence-corrected chi connectivity index (χ3v) is 3.66. The maximum atomic E-state index is 11.4. The number of allylic oxidation sites excluding steroid dienone is 1. The van der Waals surface area contributed by atoms with Gasteiger partial charge in [-0.1, -0.05) is 18.9 Å². The molecule has 0 aromatic carbocycles. The molecule has 0 heterocycles. The molecule has 2 rings (SSSR count). The molecule has 14 heavy (non-hydrogen) atoms. The Morgan fingerprint density at radius 2 is 2.07 bits per heavy atom. The van der Waals surface area contributed by atoms with Crippen molar-refractivity contribution in [3.05, 3.63) is 11.6 Å². The standard InChI is InChI=1S/C12H18O2/c1-14-12(13)11-7-6-9-4-2-3-5-10(9)8-11/h7,9-10H,2-6,8H2,1H3/t9-,10+/m0/s1. The fraction of sp³-hybridized carbons (Fsp3) is 0.750. The summed E-state index contributed by atoms with van der Waals surface area (Å²) in [4.78, 5) is 11.4. The van der Waals surface area contributed by atoms with Gasteiger partial charge in [0, 0.05) is 5.57 Å². The van der Waals surface area contributed by atoms with E-state index in [0.717, 1.165) is 30.3 Å². The van der Waals surface area contributed by atoms with E-state index in [2.05, 4.69) is 6.08 Å². The Balaban J connectivity index is 2.03. The Bertz CT molecular complexity index is 255. The highest BCUT2D eigenvalue weighted by Crippen LogP contribution is 2.40. The third-order valence-electron chi connectivity index (χ3n) is 3.66. The predicted octanol–water partition coefficient (Wildman–Crippen LogP) is 2.69. The van der Waals surface area contributed by atoms with E-state index in [4.69, 9.17) is 4.74 Å². The summed E-state index contributed by atoms with van der Waals surface area (Å²) in [6, 6.07) is 0. The van der Waals surface area contributed by atoms with Gasteiger partial charge in [-0.25, -0.2) is 4.79 Å². The maximum absolute atomic E-state index is 11.4. The number of methoxy groups -OCH3 is 1. The summed E-state index contributed by atoms with van der Waals surface area (Å²) in [6.07, 6.45) is 9.53. The van der Waals surface area contributed by atoms with E-state index < -0.39 is 0 Å². The Labute approximate surface area is 85.3 Å². The lowest BCUT2D eigenvalue weighted by atomic mass is 9.71. The average Bonchev–Trinajstić information content (AvgIpc) is 2.27. The fourth-order valence-electron chi connectivity index (χ4n) is 2.82. The van der Waals surface area contributed by atoms with Gasteiger partial charge in [-0.2, -0.15) is 0 Å². The minimum atomic E-state index is -0.117. The summed E-state index contributed by atoms with van der Waals surface area (Å²) in [5, 5.41) is 0. The average molecular weight is 194 g/mol. The topological polar surface area (TPSA) is 26.3 Å². The van der Waals surface area contributed by atoms with E-state index in [1.807, 2.05) is 0 Å². The van der Waals surface area contributed by atoms with Gasteiger partial charge in [0.15, 0.2) is 0 Å². The predicted molar refractivity (Wildman–Crippen MR) is 54.8 cm³/mol. The number of fused-ring (bicyclic) bond motifs is 1. The number of hydrogen-bond acceptors (Lipinski definition) is 2. The Kier molecular flexibility index (Phi) is 2.90. The molecule has 0 aromatic heterocycles. The van der Waals surface area contributed by atoms with Crippen LogP contribution in [0.5, 0.6) is 0 Å². The zero-order chi connectivity index (χ0) is 9.97. The molecule has 0 bridgehead atoms. The highest BCUT2D eigenvalue weighted by atomic mass is 16.5. The molecule has 1 saturated carbocycles. The van der Waals surface area contributed by atoms with Crippen molar-refractivity contribution in [3.63, 3.8) is 0 Å². The Morgan fingerprint density at radius 3 is 2.79 bits per heavy atom. The molecular weight excluding hydrogens is 176 g/mol. The molecule has 1 fully saturated rings. The van der Waals surface area contributed by atoms with Gasteiger partial charge in [0.2, 0.25) is 0 Å². The molecule has 2 heteroatoms. The van der Waals surface area contributed by atoms with Crippen LogP contribution in [0.3, 0.4) is 0 Å². The molecule has 0 saturated heterocycles. The molecule has 0 aromatic rings. The van der Waals surface area contributed by atoms with Crippen LogP contribution in [-0.4, -0.2) is 13.1 Å². The fourth-order valence-corrected chi connectivity index (χ4v) is 2.82. The second-order valence-electron chi connectivity index (χ2n) is 4.47. The van der Waals surface area contributed by atoms with Crippen LogP contribution in [0.1, 0.15) is 38.5 Å². The van der Waals surface area contributed by atoms with Gasteiger partial charge >= 0.3 is 5.97 Å². The molecule has 0 aliphatic heterocycles. The summed E-state index contributed by atoms with van der Waals surface area (Å²) in [7, 11) is 1.47. The van der Waals surface area contributed by atoms with Crippen LogP contribution in [0.4, 0.5) is 0 Å². The minimum absolute atomic E-state index is 0.117. The van der Waals surface area contributed by atoms with Crippen LogP contribution >= 0.6 is 0 Å². The lowest BCUT2D eigenvalue weighted by Gasteiger charge is -2.34.